The van der Waals surface area contributed by atoms with Crippen LogP contribution in [-0.2, 0) is 0 Å². The quantitative estimate of drug-likeness (QED) is 0.343. The van der Waals surface area contributed by atoms with Crippen molar-refractivity contribution in [3.8, 4) is 0 Å². The molecule has 0 amide bonds. The molecular weight excluding hydrogens is 266 g/mol. The average Bonchev–Trinajstić information content (AvgIpc) is 2.41. The molecule has 1 radical (unpaired) electrons. The molecule has 0 aliphatic rings. The predicted molar refractivity (Wildman–Crippen MR) is 104 cm³/mol. The van der Waals surface area contributed by atoms with E-state index in [0.717, 1.165) is 6.42 Å². The number of hydrogen-bond donors (Lipinski definition) is 0. The molecule has 0 N–H and O–H groups in total. The third kappa shape index (κ3) is 16.3. The van der Waals surface area contributed by atoms with Crippen molar-refractivity contribution >= 4 is 0 Å². The normalized spacial score (nSPS) is 11.5. The lowest BCUT2D eigenvalue weighted by Crippen LogP contribution is -2.42. The third-order valence-electron chi connectivity index (χ3n) is 4.14. The molecule has 0 spiro atoms. The van der Waals surface area contributed by atoms with E-state index in [1.807, 2.05) is 0 Å². The van der Waals surface area contributed by atoms with Crippen molar-refractivity contribution in [2.45, 2.75) is 131 Å². The Balaban J connectivity index is 0. The van der Waals surface area contributed by atoms with Gasteiger partial charge < -0.3 is 0 Å². The van der Waals surface area contributed by atoms with E-state index in [9.17, 15) is 0 Å². The summed E-state index contributed by atoms with van der Waals surface area (Å²) in [5.74, 6) is 0. The first-order valence-electron chi connectivity index (χ1n) is 9.95. The van der Waals surface area contributed by atoms with E-state index in [2.05, 4.69) is 60.3 Å². The molecule has 0 aliphatic carbocycles. The molecular formula is C21H46N. The first-order valence-corrected chi connectivity index (χ1v) is 9.95. The van der Waals surface area contributed by atoms with Crippen LogP contribution in [0.3, 0.4) is 0 Å². The van der Waals surface area contributed by atoms with Crippen molar-refractivity contribution in [1.82, 2.24) is 4.90 Å². The van der Waals surface area contributed by atoms with E-state index in [4.69, 9.17) is 0 Å². The first-order chi connectivity index (χ1) is 10.4. The molecule has 0 aromatic heterocycles. The Morgan fingerprint density at radius 1 is 0.591 bits per heavy atom. The maximum atomic E-state index is 3.84. The highest BCUT2D eigenvalue weighted by Crippen LogP contribution is 2.10. The molecule has 0 bridgehead atoms. The topological polar surface area (TPSA) is 3.24 Å². The SMILES string of the molecule is CC(C)N(C(C)C)C(C)C.[CH2]CCCCCCCCCCC. The smallest absolute Gasteiger partial charge is 0.00439 e. The Morgan fingerprint density at radius 3 is 1.14 bits per heavy atom. The van der Waals surface area contributed by atoms with E-state index in [1.54, 1.807) is 0 Å². The van der Waals surface area contributed by atoms with Crippen LogP contribution >= 0.6 is 0 Å². The molecule has 0 aromatic rings. The van der Waals surface area contributed by atoms with Crippen LogP contribution in [0.2, 0.25) is 0 Å². The summed E-state index contributed by atoms with van der Waals surface area (Å²) in [6, 6.07) is 2.00. The van der Waals surface area contributed by atoms with Crippen molar-refractivity contribution in [1.29, 1.82) is 0 Å². The van der Waals surface area contributed by atoms with Gasteiger partial charge in [-0.05, 0) is 41.5 Å². The number of unbranched alkanes of at least 4 members (excludes halogenated alkanes) is 9. The Kier molecular flexibility index (Phi) is 19.1. The third-order valence-corrected chi connectivity index (χ3v) is 4.14. The molecule has 22 heavy (non-hydrogen) atoms. The second-order valence-corrected chi connectivity index (χ2v) is 7.41. The predicted octanol–water partition coefficient (Wildman–Crippen LogP) is 7.25. The Bertz CT molecular complexity index is 167. The minimum absolute atomic E-state index is 0.667. The molecule has 0 saturated heterocycles. The Hall–Kier alpha value is -0.0400. The van der Waals surface area contributed by atoms with Gasteiger partial charge in [0, 0.05) is 18.1 Å². The van der Waals surface area contributed by atoms with Crippen molar-refractivity contribution in [2.75, 3.05) is 0 Å². The Morgan fingerprint density at radius 2 is 0.909 bits per heavy atom. The van der Waals surface area contributed by atoms with Gasteiger partial charge in [-0.25, -0.2) is 0 Å². The zero-order valence-electron chi connectivity index (χ0n) is 17.0. The molecule has 0 aromatic carbocycles. The summed E-state index contributed by atoms with van der Waals surface area (Å²) in [6.45, 7) is 19.6. The van der Waals surface area contributed by atoms with E-state index in [0.29, 0.717) is 18.1 Å². The van der Waals surface area contributed by atoms with Gasteiger partial charge in [-0.3, -0.25) is 4.90 Å². The summed E-state index contributed by atoms with van der Waals surface area (Å²) in [5.41, 5.74) is 0. The van der Waals surface area contributed by atoms with Gasteiger partial charge in [-0.1, -0.05) is 78.1 Å². The summed E-state index contributed by atoms with van der Waals surface area (Å²) < 4.78 is 0. The highest BCUT2D eigenvalue weighted by Gasteiger charge is 2.15. The molecule has 135 valence electrons. The number of hydrogen-bond acceptors (Lipinski definition) is 1. The van der Waals surface area contributed by atoms with Crippen LogP contribution in [0, 0.1) is 6.92 Å². The van der Waals surface area contributed by atoms with Crippen LogP contribution in [0.15, 0.2) is 0 Å². The summed E-state index contributed by atoms with van der Waals surface area (Å²) in [5, 5.41) is 0. The lowest BCUT2D eigenvalue weighted by molar-refractivity contribution is 0.133. The van der Waals surface area contributed by atoms with Gasteiger partial charge in [0.15, 0.2) is 0 Å². The van der Waals surface area contributed by atoms with Gasteiger partial charge >= 0.3 is 0 Å². The van der Waals surface area contributed by atoms with Gasteiger partial charge in [0.2, 0.25) is 0 Å². The van der Waals surface area contributed by atoms with Gasteiger partial charge in [-0.2, -0.15) is 0 Å². The van der Waals surface area contributed by atoms with Crippen LogP contribution < -0.4 is 0 Å². The molecule has 0 fully saturated rings. The van der Waals surface area contributed by atoms with Crippen molar-refractivity contribution in [3.05, 3.63) is 6.92 Å². The molecule has 1 nitrogen and oxygen atoms in total. The maximum Gasteiger partial charge on any atom is 0.00439 e. The number of rotatable bonds is 12. The fourth-order valence-corrected chi connectivity index (χ4v) is 3.28. The molecule has 0 heterocycles. The maximum absolute atomic E-state index is 3.84. The highest BCUT2D eigenvalue weighted by atomic mass is 15.2. The monoisotopic (exact) mass is 312 g/mol. The van der Waals surface area contributed by atoms with Crippen molar-refractivity contribution < 1.29 is 0 Å². The zero-order valence-corrected chi connectivity index (χ0v) is 17.0. The van der Waals surface area contributed by atoms with E-state index in [1.165, 1.54) is 57.8 Å². The fraction of sp³-hybridized carbons (Fsp3) is 0.952. The van der Waals surface area contributed by atoms with Crippen molar-refractivity contribution in [2.24, 2.45) is 0 Å². The second kappa shape index (κ2) is 17.3. The largest absolute Gasteiger partial charge is 0.296 e. The van der Waals surface area contributed by atoms with Crippen LogP contribution in [0.1, 0.15) is 113 Å². The van der Waals surface area contributed by atoms with E-state index < -0.39 is 0 Å². The Labute approximate surface area is 143 Å². The van der Waals surface area contributed by atoms with Crippen LogP contribution in [0.25, 0.3) is 0 Å². The molecule has 1 heteroatoms. The summed E-state index contributed by atoms with van der Waals surface area (Å²) in [6.07, 6.45) is 13.9. The van der Waals surface area contributed by atoms with Crippen molar-refractivity contribution in [3.63, 3.8) is 0 Å². The molecule has 0 rings (SSSR count). The minimum Gasteiger partial charge on any atom is -0.296 e. The van der Waals surface area contributed by atoms with Gasteiger partial charge in [0.05, 0.1) is 0 Å². The van der Waals surface area contributed by atoms with E-state index >= 15 is 0 Å². The lowest BCUT2D eigenvalue weighted by Gasteiger charge is -2.34. The summed E-state index contributed by atoms with van der Waals surface area (Å²) in [4.78, 5) is 2.50. The van der Waals surface area contributed by atoms with Crippen LogP contribution in [-0.4, -0.2) is 23.0 Å². The standard InChI is InChI=1S/C12H25.C9H21N/c1-3-5-7-9-11-12-10-8-6-4-2;1-7(2)10(8(3)4)9(5)6/h1,3-12H2,2H3;7-9H,1-6H3. The van der Waals surface area contributed by atoms with Crippen LogP contribution in [0.4, 0.5) is 0 Å². The van der Waals surface area contributed by atoms with E-state index in [-0.39, 0.29) is 0 Å². The highest BCUT2D eigenvalue weighted by molar-refractivity contribution is 4.70. The second-order valence-electron chi connectivity index (χ2n) is 7.41. The summed E-state index contributed by atoms with van der Waals surface area (Å²) in [7, 11) is 0. The molecule has 0 unspecified atom stereocenters. The van der Waals surface area contributed by atoms with Gasteiger partial charge in [-0.15, -0.1) is 0 Å². The minimum atomic E-state index is 0.667. The molecule has 0 atom stereocenters. The van der Waals surface area contributed by atoms with Crippen LogP contribution in [0.5, 0.6) is 0 Å². The zero-order chi connectivity index (χ0) is 17.4. The molecule has 0 aliphatic heterocycles. The first kappa shape index (κ1) is 24.2. The van der Waals surface area contributed by atoms with Gasteiger partial charge in [0.25, 0.3) is 0 Å². The summed E-state index contributed by atoms with van der Waals surface area (Å²) >= 11 is 0. The number of nitrogens with zero attached hydrogens (tertiary/aromatic N) is 1. The average molecular weight is 313 g/mol. The fourth-order valence-electron chi connectivity index (χ4n) is 3.28. The molecule has 0 saturated carbocycles. The lowest BCUT2D eigenvalue weighted by atomic mass is 10.1. The van der Waals surface area contributed by atoms with Gasteiger partial charge in [0.1, 0.15) is 0 Å².